The number of anilines is 1. The standard InChI is InChI=1S/C16H19NO2S/c1-10-7-8-20-15(10)11(2)17-12-5-6-13-14(9-12)19-16(3,4)18-13/h5-9,11,17H,1-4H3. The summed E-state index contributed by atoms with van der Waals surface area (Å²) in [6, 6.07) is 8.43. The largest absolute Gasteiger partial charge is 0.449 e. The molecule has 0 saturated heterocycles. The predicted molar refractivity (Wildman–Crippen MR) is 82.9 cm³/mol. The van der Waals surface area contributed by atoms with Crippen LogP contribution in [0.5, 0.6) is 11.5 Å². The van der Waals surface area contributed by atoms with Crippen molar-refractivity contribution in [3.05, 3.63) is 40.1 Å². The van der Waals surface area contributed by atoms with Crippen LogP contribution in [0.15, 0.2) is 29.6 Å². The molecule has 1 aliphatic rings. The number of hydrogen-bond acceptors (Lipinski definition) is 4. The van der Waals surface area contributed by atoms with Crippen molar-refractivity contribution >= 4 is 17.0 Å². The Kier molecular flexibility index (Phi) is 3.13. The molecule has 1 atom stereocenters. The van der Waals surface area contributed by atoms with E-state index in [1.54, 1.807) is 11.3 Å². The predicted octanol–water partition coefficient (Wildman–Crippen LogP) is 4.74. The van der Waals surface area contributed by atoms with Crippen molar-refractivity contribution in [3.63, 3.8) is 0 Å². The molecule has 0 fully saturated rings. The van der Waals surface area contributed by atoms with Gasteiger partial charge in [0.25, 0.3) is 0 Å². The average molecular weight is 289 g/mol. The second-order valence-electron chi connectivity index (χ2n) is 5.60. The van der Waals surface area contributed by atoms with Crippen LogP contribution in [-0.4, -0.2) is 5.79 Å². The molecule has 0 saturated carbocycles. The summed E-state index contributed by atoms with van der Waals surface area (Å²) >= 11 is 1.78. The molecule has 3 rings (SSSR count). The zero-order valence-electron chi connectivity index (χ0n) is 12.2. The molecule has 1 aromatic carbocycles. The van der Waals surface area contributed by atoms with Gasteiger partial charge in [0, 0.05) is 30.5 Å². The van der Waals surface area contributed by atoms with Gasteiger partial charge >= 0.3 is 0 Å². The molecule has 2 aromatic rings. The monoisotopic (exact) mass is 289 g/mol. The highest BCUT2D eigenvalue weighted by atomic mass is 32.1. The number of nitrogens with one attached hydrogen (secondary N) is 1. The molecule has 2 heterocycles. The van der Waals surface area contributed by atoms with Gasteiger partial charge in [0.1, 0.15) is 0 Å². The number of rotatable bonds is 3. The molecule has 1 aromatic heterocycles. The minimum Gasteiger partial charge on any atom is -0.449 e. The van der Waals surface area contributed by atoms with Crippen LogP contribution in [0.3, 0.4) is 0 Å². The minimum absolute atomic E-state index is 0.281. The first kappa shape index (κ1) is 13.3. The smallest absolute Gasteiger partial charge is 0.246 e. The van der Waals surface area contributed by atoms with Gasteiger partial charge in [-0.1, -0.05) is 0 Å². The van der Waals surface area contributed by atoms with Crippen molar-refractivity contribution in [3.8, 4) is 11.5 Å². The Morgan fingerprint density at radius 2 is 1.90 bits per heavy atom. The van der Waals surface area contributed by atoms with E-state index in [0.717, 1.165) is 17.2 Å². The summed E-state index contributed by atoms with van der Waals surface area (Å²) in [5.74, 6) is 1.03. The molecule has 0 radical (unpaired) electrons. The van der Waals surface area contributed by atoms with Crippen molar-refractivity contribution < 1.29 is 9.47 Å². The number of fused-ring (bicyclic) bond motifs is 1. The summed E-state index contributed by atoms with van der Waals surface area (Å²) in [5.41, 5.74) is 2.38. The van der Waals surface area contributed by atoms with E-state index in [-0.39, 0.29) is 6.04 Å². The lowest BCUT2D eigenvalue weighted by atomic mass is 10.2. The SMILES string of the molecule is Cc1ccsc1C(C)Nc1ccc2c(c1)OC(C)(C)O2. The molecule has 1 N–H and O–H groups in total. The topological polar surface area (TPSA) is 30.5 Å². The molecule has 0 aliphatic carbocycles. The summed E-state index contributed by atoms with van der Waals surface area (Å²) in [6.45, 7) is 8.15. The lowest BCUT2D eigenvalue weighted by molar-refractivity contribution is -0.0431. The first-order valence-corrected chi connectivity index (χ1v) is 7.65. The highest BCUT2D eigenvalue weighted by molar-refractivity contribution is 7.10. The van der Waals surface area contributed by atoms with Crippen LogP contribution >= 0.6 is 11.3 Å². The lowest BCUT2D eigenvalue weighted by Crippen LogP contribution is -2.29. The second-order valence-corrected chi connectivity index (χ2v) is 6.55. The molecule has 106 valence electrons. The van der Waals surface area contributed by atoms with Crippen LogP contribution in [0.1, 0.15) is 37.3 Å². The summed E-state index contributed by atoms with van der Waals surface area (Å²) in [7, 11) is 0. The summed E-state index contributed by atoms with van der Waals surface area (Å²) in [4.78, 5) is 1.36. The van der Waals surface area contributed by atoms with Gasteiger partial charge in [-0.2, -0.15) is 0 Å². The maximum Gasteiger partial charge on any atom is 0.246 e. The molecule has 1 unspecified atom stereocenters. The fraction of sp³-hybridized carbons (Fsp3) is 0.375. The highest BCUT2D eigenvalue weighted by Gasteiger charge is 2.31. The van der Waals surface area contributed by atoms with Gasteiger partial charge in [-0.25, -0.2) is 0 Å². The van der Waals surface area contributed by atoms with Crippen molar-refractivity contribution in [1.82, 2.24) is 0 Å². The van der Waals surface area contributed by atoms with E-state index in [4.69, 9.17) is 9.47 Å². The van der Waals surface area contributed by atoms with Crippen LogP contribution in [0, 0.1) is 6.92 Å². The number of benzene rings is 1. The molecular weight excluding hydrogens is 270 g/mol. The van der Waals surface area contributed by atoms with E-state index >= 15 is 0 Å². The van der Waals surface area contributed by atoms with E-state index in [9.17, 15) is 0 Å². The number of hydrogen-bond donors (Lipinski definition) is 1. The highest BCUT2D eigenvalue weighted by Crippen LogP contribution is 2.41. The molecule has 20 heavy (non-hydrogen) atoms. The molecule has 3 nitrogen and oxygen atoms in total. The van der Waals surface area contributed by atoms with E-state index in [0.29, 0.717) is 0 Å². The number of aryl methyl sites for hydroxylation is 1. The van der Waals surface area contributed by atoms with Crippen molar-refractivity contribution in [2.75, 3.05) is 5.32 Å². The van der Waals surface area contributed by atoms with E-state index < -0.39 is 5.79 Å². The van der Waals surface area contributed by atoms with Crippen molar-refractivity contribution in [2.24, 2.45) is 0 Å². The number of ether oxygens (including phenoxy) is 2. The maximum absolute atomic E-state index is 5.77. The fourth-order valence-corrected chi connectivity index (χ4v) is 3.39. The van der Waals surface area contributed by atoms with Gasteiger partial charge in [-0.15, -0.1) is 11.3 Å². The first-order valence-electron chi connectivity index (χ1n) is 6.77. The Hall–Kier alpha value is -1.68. The zero-order chi connectivity index (χ0) is 14.3. The summed E-state index contributed by atoms with van der Waals surface area (Å²) < 4.78 is 11.5. The van der Waals surface area contributed by atoms with Crippen LogP contribution in [0.2, 0.25) is 0 Å². The van der Waals surface area contributed by atoms with Crippen molar-refractivity contribution in [1.29, 1.82) is 0 Å². The van der Waals surface area contributed by atoms with E-state index in [2.05, 4.69) is 30.6 Å². The Morgan fingerprint density at radius 1 is 1.15 bits per heavy atom. The Bertz CT molecular complexity index is 633. The second kappa shape index (κ2) is 4.70. The van der Waals surface area contributed by atoms with Gasteiger partial charge in [0.2, 0.25) is 5.79 Å². The molecule has 4 heteroatoms. The number of thiophene rings is 1. The minimum atomic E-state index is -0.573. The lowest BCUT2D eigenvalue weighted by Gasteiger charge is -2.16. The Morgan fingerprint density at radius 3 is 2.60 bits per heavy atom. The molecule has 0 spiro atoms. The summed E-state index contributed by atoms with van der Waals surface area (Å²) in [5, 5.41) is 5.65. The molecular formula is C16H19NO2S. The van der Waals surface area contributed by atoms with Crippen LogP contribution in [0.25, 0.3) is 0 Å². The van der Waals surface area contributed by atoms with E-state index in [1.165, 1.54) is 10.4 Å². The molecule has 1 aliphatic heterocycles. The van der Waals surface area contributed by atoms with Gasteiger partial charge in [0.05, 0.1) is 6.04 Å². The molecule has 0 bridgehead atoms. The maximum atomic E-state index is 5.77. The van der Waals surface area contributed by atoms with Gasteiger partial charge in [-0.05, 0) is 43.0 Å². The fourth-order valence-electron chi connectivity index (χ4n) is 2.46. The Balaban J connectivity index is 1.79. The molecule has 0 amide bonds. The normalized spacial score (nSPS) is 17.0. The van der Waals surface area contributed by atoms with Crippen LogP contribution in [0.4, 0.5) is 5.69 Å². The third-order valence-electron chi connectivity index (χ3n) is 3.33. The third kappa shape index (κ3) is 2.48. The zero-order valence-corrected chi connectivity index (χ0v) is 13.0. The third-order valence-corrected chi connectivity index (χ3v) is 4.54. The quantitative estimate of drug-likeness (QED) is 0.885. The van der Waals surface area contributed by atoms with Crippen LogP contribution < -0.4 is 14.8 Å². The van der Waals surface area contributed by atoms with Crippen molar-refractivity contribution in [2.45, 2.75) is 39.5 Å². The van der Waals surface area contributed by atoms with Crippen LogP contribution in [-0.2, 0) is 0 Å². The Labute approximate surface area is 123 Å². The van der Waals surface area contributed by atoms with E-state index in [1.807, 2.05) is 32.0 Å². The summed E-state index contributed by atoms with van der Waals surface area (Å²) in [6.07, 6.45) is 0. The van der Waals surface area contributed by atoms with Gasteiger partial charge in [0.15, 0.2) is 11.5 Å². The first-order chi connectivity index (χ1) is 9.44. The van der Waals surface area contributed by atoms with Gasteiger partial charge in [-0.3, -0.25) is 0 Å². The van der Waals surface area contributed by atoms with Gasteiger partial charge < -0.3 is 14.8 Å². The average Bonchev–Trinajstić information content (AvgIpc) is 2.90.